The predicted octanol–water partition coefficient (Wildman–Crippen LogP) is 4.87. The minimum absolute atomic E-state index is 0. The third kappa shape index (κ3) is 4.72. The van der Waals surface area contributed by atoms with Crippen molar-refractivity contribution in [2.45, 2.75) is 47.2 Å². The Labute approximate surface area is 171 Å². The number of aliphatic hydroxyl groups excluding tert-OH is 1. The van der Waals surface area contributed by atoms with Crippen LogP contribution in [0.5, 0.6) is 0 Å². The number of imidazole rings is 1. The van der Waals surface area contributed by atoms with E-state index < -0.39 is 0 Å². The van der Waals surface area contributed by atoms with Crippen molar-refractivity contribution >= 4 is 40.2 Å². The van der Waals surface area contributed by atoms with E-state index in [1.54, 1.807) is 6.33 Å². The Morgan fingerprint density at radius 2 is 1.93 bits per heavy atom. The number of rotatable bonds is 7. The smallest absolute Gasteiger partial charge is 0.227 e. The molecule has 0 aliphatic carbocycles. The lowest BCUT2D eigenvalue weighted by Crippen LogP contribution is -2.30. The lowest BCUT2D eigenvalue weighted by atomic mass is 10.1. The van der Waals surface area contributed by atoms with Crippen molar-refractivity contribution in [3.05, 3.63) is 35.6 Å². The van der Waals surface area contributed by atoms with Crippen LogP contribution in [0.2, 0.25) is 5.02 Å². The highest BCUT2D eigenvalue weighted by atomic mass is 35.5. The minimum atomic E-state index is -0.142. The molecule has 3 N–H and O–H groups in total. The number of aromatic nitrogens is 4. The van der Waals surface area contributed by atoms with Gasteiger partial charge in [0.05, 0.1) is 19.0 Å². The van der Waals surface area contributed by atoms with E-state index in [-0.39, 0.29) is 32.0 Å². The molecule has 0 saturated carbocycles. The van der Waals surface area contributed by atoms with E-state index in [2.05, 4.69) is 39.4 Å². The zero-order valence-electron chi connectivity index (χ0n) is 15.9. The molecule has 0 fully saturated rings. The Balaban J connectivity index is 0.00000280. The average Bonchev–Trinajstić information content (AvgIpc) is 3.04. The van der Waals surface area contributed by atoms with E-state index in [4.69, 9.17) is 11.6 Å². The summed E-state index contributed by atoms with van der Waals surface area (Å²) in [6, 6.07) is 7.49. The largest absolute Gasteiger partial charge is 0.394 e. The zero-order valence-corrected chi connectivity index (χ0v) is 16.7. The fourth-order valence-electron chi connectivity index (χ4n) is 2.74. The number of hydrogen-bond donors (Lipinski definition) is 3. The van der Waals surface area contributed by atoms with Crippen molar-refractivity contribution in [3.63, 3.8) is 0 Å². The summed E-state index contributed by atoms with van der Waals surface area (Å²) in [5.74, 6) is 1.26. The highest BCUT2D eigenvalue weighted by Gasteiger charge is 2.18. The summed E-state index contributed by atoms with van der Waals surface area (Å²) >= 11 is 6.10. The molecule has 0 aliphatic rings. The average molecular weight is 405 g/mol. The second-order valence-corrected chi connectivity index (χ2v) is 7.56. The number of anilines is 3. The molecule has 0 aliphatic heterocycles. The van der Waals surface area contributed by atoms with Crippen LogP contribution in [0.25, 0.3) is 11.2 Å². The molecule has 3 rings (SSSR count). The van der Waals surface area contributed by atoms with E-state index in [1.807, 2.05) is 42.7 Å². The Bertz CT molecular complexity index is 924. The first kappa shape index (κ1) is 21.9. The van der Waals surface area contributed by atoms with Crippen molar-refractivity contribution in [2.75, 3.05) is 17.2 Å². The molecule has 28 heavy (non-hydrogen) atoms. The molecule has 8 heteroatoms. The minimum Gasteiger partial charge on any atom is -0.394 e. The summed E-state index contributed by atoms with van der Waals surface area (Å²) < 4.78 is 1.99. The van der Waals surface area contributed by atoms with Gasteiger partial charge < -0.3 is 20.3 Å². The van der Waals surface area contributed by atoms with Crippen LogP contribution in [0.3, 0.4) is 0 Å². The van der Waals surface area contributed by atoms with Crippen LogP contribution in [0.4, 0.5) is 17.5 Å². The number of fused-ring (bicyclic) bond motifs is 1. The topological polar surface area (TPSA) is 87.9 Å². The van der Waals surface area contributed by atoms with Crippen LogP contribution in [-0.2, 0) is 0 Å². The lowest BCUT2D eigenvalue weighted by molar-refractivity contribution is 0.248. The van der Waals surface area contributed by atoms with Crippen LogP contribution in [0.1, 0.15) is 41.2 Å². The third-order valence-corrected chi connectivity index (χ3v) is 4.62. The summed E-state index contributed by atoms with van der Waals surface area (Å²) in [6.07, 6.45) is 1.77. The van der Waals surface area contributed by atoms with Gasteiger partial charge in [-0.25, -0.2) is 4.98 Å². The molecule has 0 bridgehead atoms. The predicted molar refractivity (Wildman–Crippen MR) is 117 cm³/mol. The molecule has 2 heterocycles. The standard InChI is InChI=1S/C19H25ClN6O.CH4/c1-11(2)15(9-27)23-19-24-17(22-14-7-5-6-13(20)8-14)16-18(25-19)26(10-21-16)12(3)4;/h5-8,10-12,15,27H,9H2,1-4H3,(H2,22,23,24,25);1H4. The van der Waals surface area contributed by atoms with E-state index in [9.17, 15) is 5.11 Å². The van der Waals surface area contributed by atoms with Crippen LogP contribution in [0, 0.1) is 5.92 Å². The molecule has 0 saturated heterocycles. The van der Waals surface area contributed by atoms with Gasteiger partial charge >= 0.3 is 0 Å². The second-order valence-electron chi connectivity index (χ2n) is 7.13. The summed E-state index contributed by atoms with van der Waals surface area (Å²) in [4.78, 5) is 13.8. The van der Waals surface area contributed by atoms with Crippen LogP contribution < -0.4 is 10.6 Å². The van der Waals surface area contributed by atoms with Gasteiger partial charge in [-0.05, 0) is 38.0 Å². The number of nitrogens with zero attached hydrogens (tertiary/aromatic N) is 4. The van der Waals surface area contributed by atoms with E-state index in [0.717, 1.165) is 11.3 Å². The normalized spacial score (nSPS) is 12.3. The Morgan fingerprint density at radius 3 is 2.54 bits per heavy atom. The summed E-state index contributed by atoms with van der Waals surface area (Å²) in [5, 5.41) is 16.8. The molecule has 1 atom stereocenters. The van der Waals surface area contributed by atoms with Gasteiger partial charge in [-0.3, -0.25) is 0 Å². The van der Waals surface area contributed by atoms with Gasteiger partial charge in [-0.15, -0.1) is 0 Å². The molecule has 1 unspecified atom stereocenters. The molecule has 0 amide bonds. The Hall–Kier alpha value is -2.38. The first-order valence-corrected chi connectivity index (χ1v) is 9.41. The van der Waals surface area contributed by atoms with Crippen molar-refractivity contribution < 1.29 is 5.11 Å². The fraction of sp³-hybridized carbons (Fsp3) is 0.450. The zero-order chi connectivity index (χ0) is 19.6. The van der Waals surface area contributed by atoms with Gasteiger partial charge in [0.25, 0.3) is 0 Å². The maximum atomic E-state index is 9.64. The number of benzene rings is 1. The summed E-state index contributed by atoms with van der Waals surface area (Å²) in [7, 11) is 0. The summed E-state index contributed by atoms with van der Waals surface area (Å²) in [5.41, 5.74) is 2.22. The van der Waals surface area contributed by atoms with E-state index in [0.29, 0.717) is 22.3 Å². The molecule has 3 aromatic rings. The Morgan fingerprint density at radius 1 is 1.18 bits per heavy atom. The molecular formula is C20H29ClN6O. The van der Waals surface area contributed by atoms with Crippen LogP contribution in [-0.4, -0.2) is 37.3 Å². The van der Waals surface area contributed by atoms with Gasteiger partial charge in [-0.2, -0.15) is 9.97 Å². The van der Waals surface area contributed by atoms with Crippen LogP contribution in [0.15, 0.2) is 30.6 Å². The van der Waals surface area contributed by atoms with Gasteiger partial charge in [-0.1, -0.05) is 38.9 Å². The van der Waals surface area contributed by atoms with Gasteiger partial charge in [0.2, 0.25) is 5.95 Å². The number of aliphatic hydroxyl groups is 1. The maximum absolute atomic E-state index is 9.64. The van der Waals surface area contributed by atoms with E-state index in [1.165, 1.54) is 0 Å². The number of nitrogens with one attached hydrogen (secondary N) is 2. The van der Waals surface area contributed by atoms with Crippen molar-refractivity contribution in [2.24, 2.45) is 5.92 Å². The monoisotopic (exact) mass is 404 g/mol. The Kier molecular flexibility index (Phi) is 7.21. The highest BCUT2D eigenvalue weighted by molar-refractivity contribution is 6.30. The van der Waals surface area contributed by atoms with Crippen molar-refractivity contribution in [1.29, 1.82) is 0 Å². The van der Waals surface area contributed by atoms with Gasteiger partial charge in [0.1, 0.15) is 0 Å². The van der Waals surface area contributed by atoms with Crippen LogP contribution >= 0.6 is 11.6 Å². The quantitative estimate of drug-likeness (QED) is 0.520. The lowest BCUT2D eigenvalue weighted by Gasteiger charge is -2.20. The molecule has 7 nitrogen and oxygen atoms in total. The molecule has 0 radical (unpaired) electrons. The van der Waals surface area contributed by atoms with Crippen molar-refractivity contribution in [3.8, 4) is 0 Å². The fourth-order valence-corrected chi connectivity index (χ4v) is 2.93. The van der Waals surface area contributed by atoms with E-state index >= 15 is 0 Å². The SMILES string of the molecule is C.CC(C)C(CO)Nc1nc(Nc2cccc(Cl)c2)c2ncn(C(C)C)c2n1. The third-order valence-electron chi connectivity index (χ3n) is 4.38. The molecular weight excluding hydrogens is 376 g/mol. The van der Waals surface area contributed by atoms with Gasteiger partial charge in [0, 0.05) is 16.8 Å². The molecule has 152 valence electrons. The molecule has 1 aromatic carbocycles. The molecule has 2 aromatic heterocycles. The second kappa shape index (κ2) is 9.21. The summed E-state index contributed by atoms with van der Waals surface area (Å²) in [6.45, 7) is 8.22. The van der Waals surface area contributed by atoms with Gasteiger partial charge in [0.15, 0.2) is 17.0 Å². The van der Waals surface area contributed by atoms with Crippen molar-refractivity contribution in [1.82, 2.24) is 19.5 Å². The number of halogens is 1. The molecule has 0 spiro atoms. The first-order valence-electron chi connectivity index (χ1n) is 9.03. The highest BCUT2D eigenvalue weighted by Crippen LogP contribution is 2.27. The first-order chi connectivity index (χ1) is 12.9. The number of hydrogen-bond acceptors (Lipinski definition) is 6. The maximum Gasteiger partial charge on any atom is 0.227 e.